The normalized spacial score (nSPS) is 13.3. The van der Waals surface area contributed by atoms with Gasteiger partial charge in [-0.05, 0) is 30.5 Å². The van der Waals surface area contributed by atoms with E-state index in [2.05, 4.69) is 6.92 Å². The van der Waals surface area contributed by atoms with Crippen molar-refractivity contribution in [3.8, 4) is 5.75 Å². The molecule has 0 radical (unpaired) electrons. The van der Waals surface area contributed by atoms with Gasteiger partial charge in [-0.15, -0.1) is 0 Å². The van der Waals surface area contributed by atoms with Gasteiger partial charge >= 0.3 is 6.18 Å². The summed E-state index contributed by atoms with van der Waals surface area (Å²) >= 11 is 0. The first kappa shape index (κ1) is 15.8. The molecule has 2 nitrogen and oxygen atoms in total. The Morgan fingerprint density at radius 2 is 1.84 bits per heavy atom. The Bertz CT molecular complexity index is 362. The second-order valence-electron chi connectivity index (χ2n) is 4.53. The van der Waals surface area contributed by atoms with Crippen molar-refractivity contribution in [1.82, 2.24) is 0 Å². The summed E-state index contributed by atoms with van der Waals surface area (Å²) in [6.45, 7) is 1.22. The third-order valence-electron chi connectivity index (χ3n) is 2.94. The van der Waals surface area contributed by atoms with E-state index in [0.717, 1.165) is 19.3 Å². The molecule has 0 fully saturated rings. The van der Waals surface area contributed by atoms with Crippen LogP contribution in [-0.2, 0) is 6.42 Å². The summed E-state index contributed by atoms with van der Waals surface area (Å²) in [4.78, 5) is 0. The molecule has 0 aliphatic rings. The molecule has 19 heavy (non-hydrogen) atoms. The van der Waals surface area contributed by atoms with Crippen LogP contribution in [0.5, 0.6) is 5.75 Å². The molecule has 0 spiro atoms. The van der Waals surface area contributed by atoms with Crippen LogP contribution in [0.1, 0.15) is 25.3 Å². The van der Waals surface area contributed by atoms with Crippen LogP contribution in [-0.4, -0.2) is 19.3 Å². The van der Waals surface area contributed by atoms with Crippen molar-refractivity contribution in [2.75, 3.05) is 13.2 Å². The largest absolute Gasteiger partial charge is 0.493 e. The molecule has 0 heterocycles. The summed E-state index contributed by atoms with van der Waals surface area (Å²) in [5.74, 6) is -1.17. The van der Waals surface area contributed by atoms with Crippen LogP contribution in [0.2, 0.25) is 0 Å². The molecule has 1 aromatic rings. The smallest absolute Gasteiger partial charge is 0.396 e. The Morgan fingerprint density at radius 1 is 1.21 bits per heavy atom. The van der Waals surface area contributed by atoms with E-state index < -0.39 is 25.2 Å². The monoisotopic (exact) mass is 275 g/mol. The number of halogens is 3. The standard InChI is InChI=1S/C14H20F3NO/c1-2-3-4-11-5-7-13(8-6-11)19-10-12(9-18)14(15,16)17/h5-8,12H,2-4,9-10,18H2,1H3. The first-order valence-electron chi connectivity index (χ1n) is 6.46. The van der Waals surface area contributed by atoms with Gasteiger partial charge in [0.1, 0.15) is 18.3 Å². The van der Waals surface area contributed by atoms with Crippen molar-refractivity contribution in [3.05, 3.63) is 29.8 Å². The maximum Gasteiger partial charge on any atom is 0.396 e. The molecule has 0 amide bonds. The lowest BCUT2D eigenvalue weighted by Gasteiger charge is -2.18. The molecule has 0 aliphatic heterocycles. The SMILES string of the molecule is CCCCc1ccc(OCC(CN)C(F)(F)F)cc1. The summed E-state index contributed by atoms with van der Waals surface area (Å²) in [6, 6.07) is 7.18. The van der Waals surface area contributed by atoms with Gasteiger partial charge in [0.2, 0.25) is 0 Å². The van der Waals surface area contributed by atoms with Crippen LogP contribution in [0, 0.1) is 5.92 Å². The number of rotatable bonds is 7. The number of ether oxygens (including phenoxy) is 1. The number of alkyl halides is 3. The van der Waals surface area contributed by atoms with Crippen LogP contribution >= 0.6 is 0 Å². The minimum atomic E-state index is -4.31. The fourth-order valence-corrected chi connectivity index (χ4v) is 1.63. The van der Waals surface area contributed by atoms with Gasteiger partial charge in [0.15, 0.2) is 0 Å². The van der Waals surface area contributed by atoms with Gasteiger partial charge in [-0.2, -0.15) is 13.2 Å². The van der Waals surface area contributed by atoms with Crippen LogP contribution < -0.4 is 10.5 Å². The van der Waals surface area contributed by atoms with E-state index in [1.54, 1.807) is 12.1 Å². The Kier molecular flexibility index (Phi) is 6.15. The van der Waals surface area contributed by atoms with Crippen LogP contribution in [0.3, 0.4) is 0 Å². The number of benzene rings is 1. The lowest BCUT2D eigenvalue weighted by molar-refractivity contribution is -0.178. The predicted octanol–water partition coefficient (Wildman–Crippen LogP) is 3.55. The van der Waals surface area contributed by atoms with Crippen LogP contribution in [0.25, 0.3) is 0 Å². The molecule has 0 aromatic heterocycles. The highest BCUT2D eigenvalue weighted by atomic mass is 19.4. The van der Waals surface area contributed by atoms with E-state index in [9.17, 15) is 13.2 Å². The topological polar surface area (TPSA) is 35.2 Å². The molecule has 0 saturated heterocycles. The Hall–Kier alpha value is -1.23. The van der Waals surface area contributed by atoms with E-state index in [1.165, 1.54) is 5.56 Å². The van der Waals surface area contributed by atoms with Gasteiger partial charge in [0.25, 0.3) is 0 Å². The highest BCUT2D eigenvalue weighted by molar-refractivity contribution is 5.27. The van der Waals surface area contributed by atoms with Crippen molar-refractivity contribution in [3.63, 3.8) is 0 Å². The van der Waals surface area contributed by atoms with E-state index in [1.807, 2.05) is 12.1 Å². The molecular weight excluding hydrogens is 255 g/mol. The average molecular weight is 275 g/mol. The predicted molar refractivity (Wildman–Crippen MR) is 69.1 cm³/mol. The third kappa shape index (κ3) is 5.51. The Labute approximate surface area is 111 Å². The average Bonchev–Trinajstić information content (AvgIpc) is 2.37. The quantitative estimate of drug-likeness (QED) is 0.826. The molecular formula is C14H20F3NO. The summed E-state index contributed by atoms with van der Waals surface area (Å²) in [7, 11) is 0. The molecule has 0 bridgehead atoms. The highest BCUT2D eigenvalue weighted by Crippen LogP contribution is 2.26. The minimum Gasteiger partial charge on any atom is -0.493 e. The minimum absolute atomic E-state index is 0.436. The fraction of sp³-hybridized carbons (Fsp3) is 0.571. The van der Waals surface area contributed by atoms with Gasteiger partial charge in [0.05, 0.1) is 0 Å². The van der Waals surface area contributed by atoms with Crippen molar-refractivity contribution in [2.24, 2.45) is 11.7 Å². The van der Waals surface area contributed by atoms with Gasteiger partial charge < -0.3 is 10.5 Å². The number of hydrogen-bond donors (Lipinski definition) is 1. The Morgan fingerprint density at radius 3 is 2.32 bits per heavy atom. The van der Waals surface area contributed by atoms with E-state index in [4.69, 9.17) is 10.5 Å². The van der Waals surface area contributed by atoms with Crippen LogP contribution in [0.4, 0.5) is 13.2 Å². The molecule has 1 aromatic carbocycles. The molecule has 108 valence electrons. The first-order valence-corrected chi connectivity index (χ1v) is 6.46. The first-order chi connectivity index (χ1) is 8.97. The fourth-order valence-electron chi connectivity index (χ4n) is 1.63. The molecule has 0 saturated carbocycles. The van der Waals surface area contributed by atoms with Crippen molar-refractivity contribution >= 4 is 0 Å². The molecule has 1 rings (SSSR count). The number of unbranched alkanes of at least 4 members (excludes halogenated alkanes) is 1. The molecule has 5 heteroatoms. The zero-order valence-electron chi connectivity index (χ0n) is 11.0. The lowest BCUT2D eigenvalue weighted by Crippen LogP contribution is -2.35. The zero-order valence-corrected chi connectivity index (χ0v) is 11.0. The lowest BCUT2D eigenvalue weighted by atomic mass is 10.1. The Balaban J connectivity index is 2.49. The third-order valence-corrected chi connectivity index (χ3v) is 2.94. The molecule has 0 aliphatic carbocycles. The highest BCUT2D eigenvalue weighted by Gasteiger charge is 2.39. The van der Waals surface area contributed by atoms with E-state index in [0.29, 0.717) is 5.75 Å². The van der Waals surface area contributed by atoms with Gasteiger partial charge in [-0.1, -0.05) is 25.5 Å². The maximum absolute atomic E-state index is 12.5. The number of nitrogens with two attached hydrogens (primary N) is 1. The van der Waals surface area contributed by atoms with E-state index >= 15 is 0 Å². The summed E-state index contributed by atoms with van der Waals surface area (Å²) < 4.78 is 42.5. The van der Waals surface area contributed by atoms with Crippen molar-refractivity contribution < 1.29 is 17.9 Å². The molecule has 1 unspecified atom stereocenters. The van der Waals surface area contributed by atoms with Crippen molar-refractivity contribution in [2.45, 2.75) is 32.4 Å². The van der Waals surface area contributed by atoms with Crippen molar-refractivity contribution in [1.29, 1.82) is 0 Å². The number of hydrogen-bond acceptors (Lipinski definition) is 2. The van der Waals surface area contributed by atoms with Gasteiger partial charge in [0, 0.05) is 6.54 Å². The second kappa shape index (κ2) is 7.38. The number of aryl methyl sites for hydroxylation is 1. The van der Waals surface area contributed by atoms with Gasteiger partial charge in [-0.25, -0.2) is 0 Å². The zero-order chi connectivity index (χ0) is 14.3. The molecule has 1 atom stereocenters. The summed E-state index contributed by atoms with van der Waals surface area (Å²) in [6.07, 6.45) is -1.12. The van der Waals surface area contributed by atoms with E-state index in [-0.39, 0.29) is 0 Å². The maximum atomic E-state index is 12.5. The second-order valence-corrected chi connectivity index (χ2v) is 4.53. The summed E-state index contributed by atoms with van der Waals surface area (Å²) in [5.41, 5.74) is 6.27. The summed E-state index contributed by atoms with van der Waals surface area (Å²) in [5, 5.41) is 0. The molecule has 2 N–H and O–H groups in total. The van der Waals surface area contributed by atoms with Gasteiger partial charge in [-0.3, -0.25) is 0 Å². The van der Waals surface area contributed by atoms with Crippen LogP contribution in [0.15, 0.2) is 24.3 Å².